The van der Waals surface area contributed by atoms with Gasteiger partial charge in [0.15, 0.2) is 0 Å². The molecule has 1 heterocycles. The van der Waals surface area contributed by atoms with Crippen LogP contribution >= 0.6 is 0 Å². The quantitative estimate of drug-likeness (QED) is 0.486. The van der Waals surface area contributed by atoms with Crippen LogP contribution in [0.5, 0.6) is 0 Å². The van der Waals surface area contributed by atoms with Crippen molar-refractivity contribution in [1.82, 2.24) is 4.98 Å². The van der Waals surface area contributed by atoms with Crippen LogP contribution in [-0.4, -0.2) is 18.1 Å². The Labute approximate surface area is 70.7 Å². The van der Waals surface area contributed by atoms with Crippen molar-refractivity contribution in [2.75, 3.05) is 7.11 Å². The first-order valence-electron chi connectivity index (χ1n) is 3.44. The molecule has 62 valence electrons. The van der Waals surface area contributed by atoms with Crippen molar-refractivity contribution in [3.05, 3.63) is 36.7 Å². The van der Waals surface area contributed by atoms with Crippen LogP contribution in [0.1, 0.15) is 5.69 Å². The topological polar surface area (TPSA) is 39.2 Å². The molecular formula is C9H9NO2. The fraction of sp³-hybridized carbons (Fsp3) is 0.111. The molecule has 0 aromatic carbocycles. The van der Waals surface area contributed by atoms with E-state index in [9.17, 15) is 4.79 Å². The molecule has 0 fully saturated rings. The second kappa shape index (κ2) is 3.67. The maximum Gasteiger partial charge on any atom is 0.339 e. The average Bonchev–Trinajstić information content (AvgIpc) is 2.17. The summed E-state index contributed by atoms with van der Waals surface area (Å²) in [6.45, 7) is 3.56. The first kappa shape index (κ1) is 8.46. The van der Waals surface area contributed by atoms with Crippen molar-refractivity contribution < 1.29 is 9.53 Å². The highest BCUT2D eigenvalue weighted by Gasteiger charge is 2.08. The molecule has 0 bridgehead atoms. The van der Waals surface area contributed by atoms with Gasteiger partial charge in [0.2, 0.25) is 0 Å². The third-order valence-corrected chi connectivity index (χ3v) is 1.41. The SMILES string of the molecule is C=C(C(=O)OC)c1ccccn1. The Morgan fingerprint density at radius 2 is 2.33 bits per heavy atom. The number of methoxy groups -OCH3 is 1. The van der Waals surface area contributed by atoms with Gasteiger partial charge in [0, 0.05) is 6.20 Å². The summed E-state index contributed by atoms with van der Waals surface area (Å²) < 4.78 is 4.49. The smallest absolute Gasteiger partial charge is 0.339 e. The van der Waals surface area contributed by atoms with E-state index in [1.54, 1.807) is 24.4 Å². The zero-order chi connectivity index (χ0) is 8.97. The molecule has 0 atom stereocenters. The third kappa shape index (κ3) is 1.69. The van der Waals surface area contributed by atoms with Gasteiger partial charge < -0.3 is 4.74 Å². The lowest BCUT2D eigenvalue weighted by molar-refractivity contribution is -0.133. The normalized spacial score (nSPS) is 9.08. The summed E-state index contributed by atoms with van der Waals surface area (Å²) >= 11 is 0. The number of hydrogen-bond donors (Lipinski definition) is 0. The predicted octanol–water partition coefficient (Wildman–Crippen LogP) is 1.27. The van der Waals surface area contributed by atoms with Crippen LogP contribution in [0.2, 0.25) is 0 Å². The van der Waals surface area contributed by atoms with Gasteiger partial charge in [-0.25, -0.2) is 4.79 Å². The number of rotatable bonds is 2. The molecule has 3 nitrogen and oxygen atoms in total. The van der Waals surface area contributed by atoms with Crippen LogP contribution < -0.4 is 0 Å². The highest BCUT2D eigenvalue weighted by molar-refractivity contribution is 6.14. The third-order valence-electron chi connectivity index (χ3n) is 1.41. The number of carbonyl (C=O) groups excluding carboxylic acids is 1. The van der Waals surface area contributed by atoms with Gasteiger partial charge in [-0.05, 0) is 12.1 Å². The Hall–Kier alpha value is -1.64. The molecular weight excluding hydrogens is 154 g/mol. The van der Waals surface area contributed by atoms with Crippen LogP contribution in [0.3, 0.4) is 0 Å². The summed E-state index contributed by atoms with van der Waals surface area (Å²) in [6.07, 6.45) is 1.60. The molecule has 0 aliphatic rings. The van der Waals surface area contributed by atoms with Gasteiger partial charge in [-0.3, -0.25) is 4.98 Å². The molecule has 0 amide bonds. The van der Waals surface area contributed by atoms with E-state index < -0.39 is 5.97 Å². The van der Waals surface area contributed by atoms with Crippen LogP contribution in [0.25, 0.3) is 5.57 Å². The molecule has 0 saturated carbocycles. The number of pyridine rings is 1. The molecule has 0 N–H and O–H groups in total. The Morgan fingerprint density at radius 3 is 2.83 bits per heavy atom. The van der Waals surface area contributed by atoms with Crippen molar-refractivity contribution >= 4 is 11.5 Å². The number of aromatic nitrogens is 1. The first-order valence-corrected chi connectivity index (χ1v) is 3.44. The van der Waals surface area contributed by atoms with Crippen LogP contribution in [-0.2, 0) is 9.53 Å². The minimum atomic E-state index is -0.450. The number of hydrogen-bond acceptors (Lipinski definition) is 3. The molecule has 1 rings (SSSR count). The summed E-state index contributed by atoms with van der Waals surface area (Å²) in [5.41, 5.74) is 0.822. The Bertz CT molecular complexity index is 293. The molecule has 12 heavy (non-hydrogen) atoms. The second-order valence-corrected chi connectivity index (χ2v) is 2.19. The largest absolute Gasteiger partial charge is 0.465 e. The molecule has 0 saturated heterocycles. The van der Waals surface area contributed by atoms with E-state index in [1.165, 1.54) is 7.11 Å². The minimum absolute atomic E-state index is 0.276. The fourth-order valence-corrected chi connectivity index (χ4v) is 0.769. The second-order valence-electron chi connectivity index (χ2n) is 2.19. The molecule has 0 radical (unpaired) electrons. The molecule has 3 heteroatoms. The standard InChI is InChI=1S/C9H9NO2/c1-7(9(11)12-2)8-5-3-4-6-10-8/h3-6H,1H2,2H3. The lowest BCUT2D eigenvalue weighted by Gasteiger charge is -2.00. The zero-order valence-corrected chi connectivity index (χ0v) is 6.78. The van der Waals surface area contributed by atoms with Crippen LogP contribution in [0.15, 0.2) is 31.0 Å². The van der Waals surface area contributed by atoms with Gasteiger partial charge in [0.05, 0.1) is 18.4 Å². The molecule has 1 aromatic heterocycles. The predicted molar refractivity (Wildman–Crippen MR) is 45.3 cm³/mol. The van der Waals surface area contributed by atoms with Crippen LogP contribution in [0.4, 0.5) is 0 Å². The molecule has 1 aromatic rings. The molecule has 0 spiro atoms. The zero-order valence-electron chi connectivity index (χ0n) is 6.78. The Kier molecular flexibility index (Phi) is 2.58. The highest BCUT2D eigenvalue weighted by atomic mass is 16.5. The van der Waals surface area contributed by atoms with E-state index in [1.807, 2.05) is 0 Å². The van der Waals surface area contributed by atoms with E-state index in [2.05, 4.69) is 16.3 Å². The lowest BCUT2D eigenvalue weighted by atomic mass is 10.2. The molecule has 0 aliphatic heterocycles. The van der Waals surface area contributed by atoms with Gasteiger partial charge in [0.25, 0.3) is 0 Å². The van der Waals surface area contributed by atoms with E-state index in [-0.39, 0.29) is 5.57 Å². The van der Waals surface area contributed by atoms with Gasteiger partial charge >= 0.3 is 5.97 Å². The molecule has 0 aliphatic carbocycles. The Balaban J connectivity index is 2.86. The Morgan fingerprint density at radius 1 is 1.58 bits per heavy atom. The summed E-state index contributed by atoms with van der Waals surface area (Å²) in [5.74, 6) is -0.450. The van der Waals surface area contributed by atoms with E-state index in [0.717, 1.165) is 0 Å². The highest BCUT2D eigenvalue weighted by Crippen LogP contribution is 2.08. The van der Waals surface area contributed by atoms with Gasteiger partial charge in [-0.1, -0.05) is 12.6 Å². The van der Waals surface area contributed by atoms with Crippen molar-refractivity contribution in [3.8, 4) is 0 Å². The van der Waals surface area contributed by atoms with Crippen LogP contribution in [0, 0.1) is 0 Å². The van der Waals surface area contributed by atoms with Crippen molar-refractivity contribution in [1.29, 1.82) is 0 Å². The number of carbonyl (C=O) groups is 1. The fourth-order valence-electron chi connectivity index (χ4n) is 0.769. The average molecular weight is 163 g/mol. The number of esters is 1. The van der Waals surface area contributed by atoms with Gasteiger partial charge in [0.1, 0.15) is 0 Å². The summed E-state index contributed by atoms with van der Waals surface area (Å²) in [5, 5.41) is 0. The van der Waals surface area contributed by atoms with Crippen molar-refractivity contribution in [3.63, 3.8) is 0 Å². The van der Waals surface area contributed by atoms with Crippen molar-refractivity contribution in [2.24, 2.45) is 0 Å². The number of ether oxygens (including phenoxy) is 1. The van der Waals surface area contributed by atoms with Gasteiger partial charge in [-0.15, -0.1) is 0 Å². The first-order chi connectivity index (χ1) is 5.75. The van der Waals surface area contributed by atoms with Crippen molar-refractivity contribution in [2.45, 2.75) is 0 Å². The summed E-state index contributed by atoms with van der Waals surface area (Å²) in [4.78, 5) is 14.9. The van der Waals surface area contributed by atoms with E-state index >= 15 is 0 Å². The molecule has 0 unspecified atom stereocenters. The number of nitrogens with zero attached hydrogens (tertiary/aromatic N) is 1. The summed E-state index contributed by atoms with van der Waals surface area (Å²) in [6, 6.07) is 5.27. The minimum Gasteiger partial charge on any atom is -0.465 e. The lowest BCUT2D eigenvalue weighted by Crippen LogP contribution is -2.03. The van der Waals surface area contributed by atoms with Gasteiger partial charge in [-0.2, -0.15) is 0 Å². The van der Waals surface area contributed by atoms with E-state index in [4.69, 9.17) is 0 Å². The summed E-state index contributed by atoms with van der Waals surface area (Å²) in [7, 11) is 1.32. The van der Waals surface area contributed by atoms with E-state index in [0.29, 0.717) is 5.69 Å². The maximum absolute atomic E-state index is 11.0. The monoisotopic (exact) mass is 163 g/mol. The maximum atomic E-state index is 11.0.